The molecular weight excluding hydrogens is 288 g/mol. The van der Waals surface area contributed by atoms with E-state index >= 15 is 0 Å². The van der Waals surface area contributed by atoms with Crippen molar-refractivity contribution < 1.29 is 8.42 Å². The Labute approximate surface area is 125 Å². The Kier molecular flexibility index (Phi) is 5.11. The molecule has 0 saturated carbocycles. The highest BCUT2D eigenvalue weighted by Gasteiger charge is 2.12. The molecule has 1 aromatic carbocycles. The second-order valence-electron chi connectivity index (χ2n) is 4.87. The Bertz CT molecular complexity index is 677. The molecule has 7 heteroatoms. The summed E-state index contributed by atoms with van der Waals surface area (Å²) in [4.78, 5) is 0. The standard InChI is InChI=1S/C14H20N4O2S/c1-15-9-12-3-5-13(6-4-12)11-21(19,20)17-10-14-7-8-16-18(14)2/h3-8,15,17H,9-11H2,1-2H3. The molecule has 0 radical (unpaired) electrons. The van der Waals surface area contributed by atoms with Crippen molar-refractivity contribution in [3.05, 3.63) is 53.3 Å². The number of hydrogen-bond donors (Lipinski definition) is 2. The van der Waals surface area contributed by atoms with Crippen LogP contribution in [0.3, 0.4) is 0 Å². The fourth-order valence-corrected chi connectivity index (χ4v) is 3.09. The van der Waals surface area contributed by atoms with Crippen LogP contribution in [0.15, 0.2) is 36.5 Å². The fourth-order valence-electron chi connectivity index (χ4n) is 1.99. The number of benzene rings is 1. The molecule has 2 aromatic rings. The average Bonchev–Trinajstić information content (AvgIpc) is 2.84. The van der Waals surface area contributed by atoms with Gasteiger partial charge in [-0.2, -0.15) is 5.10 Å². The summed E-state index contributed by atoms with van der Waals surface area (Å²) in [5.74, 6) is -0.0231. The molecule has 21 heavy (non-hydrogen) atoms. The molecule has 0 saturated heterocycles. The van der Waals surface area contributed by atoms with E-state index in [0.29, 0.717) is 0 Å². The van der Waals surface area contributed by atoms with E-state index in [9.17, 15) is 8.42 Å². The van der Waals surface area contributed by atoms with Crippen molar-refractivity contribution >= 4 is 10.0 Å². The van der Waals surface area contributed by atoms with E-state index in [1.54, 1.807) is 24.0 Å². The Morgan fingerprint density at radius 2 is 1.76 bits per heavy atom. The van der Waals surface area contributed by atoms with E-state index in [4.69, 9.17) is 0 Å². The van der Waals surface area contributed by atoms with Gasteiger partial charge in [0.05, 0.1) is 18.0 Å². The van der Waals surface area contributed by atoms with Crippen molar-refractivity contribution in [1.29, 1.82) is 0 Å². The third kappa shape index (κ3) is 4.66. The minimum Gasteiger partial charge on any atom is -0.316 e. The second kappa shape index (κ2) is 6.84. The van der Waals surface area contributed by atoms with Crippen LogP contribution in [0.5, 0.6) is 0 Å². The molecule has 0 aliphatic carbocycles. The first-order valence-corrected chi connectivity index (χ1v) is 8.32. The lowest BCUT2D eigenvalue weighted by Gasteiger charge is -2.08. The maximum Gasteiger partial charge on any atom is 0.216 e. The van der Waals surface area contributed by atoms with Crippen molar-refractivity contribution in [1.82, 2.24) is 19.8 Å². The molecule has 2 rings (SSSR count). The molecule has 1 aromatic heterocycles. The number of aromatic nitrogens is 2. The maximum atomic E-state index is 12.1. The predicted molar refractivity (Wildman–Crippen MR) is 81.9 cm³/mol. The van der Waals surface area contributed by atoms with Crippen molar-refractivity contribution in [3.8, 4) is 0 Å². The third-order valence-corrected chi connectivity index (χ3v) is 4.45. The molecule has 2 N–H and O–H groups in total. The Balaban J connectivity index is 1.95. The number of hydrogen-bond acceptors (Lipinski definition) is 4. The van der Waals surface area contributed by atoms with E-state index in [0.717, 1.165) is 23.4 Å². The number of nitrogens with one attached hydrogen (secondary N) is 2. The molecule has 114 valence electrons. The van der Waals surface area contributed by atoms with Gasteiger partial charge in [0, 0.05) is 19.8 Å². The molecule has 6 nitrogen and oxygen atoms in total. The minimum absolute atomic E-state index is 0.0231. The van der Waals surface area contributed by atoms with Gasteiger partial charge >= 0.3 is 0 Å². The minimum atomic E-state index is -3.36. The second-order valence-corrected chi connectivity index (χ2v) is 6.68. The van der Waals surface area contributed by atoms with Crippen LogP contribution in [0, 0.1) is 0 Å². The lowest BCUT2D eigenvalue weighted by Crippen LogP contribution is -2.25. The van der Waals surface area contributed by atoms with Crippen molar-refractivity contribution in [2.45, 2.75) is 18.8 Å². The molecule has 1 heterocycles. The first kappa shape index (κ1) is 15.7. The Hall–Kier alpha value is -1.70. The average molecular weight is 308 g/mol. The van der Waals surface area contributed by atoms with Crippen LogP contribution >= 0.6 is 0 Å². The normalized spacial score (nSPS) is 11.7. The number of rotatable bonds is 7. The molecule has 0 fully saturated rings. The Morgan fingerprint density at radius 3 is 2.33 bits per heavy atom. The van der Waals surface area contributed by atoms with Gasteiger partial charge in [0.1, 0.15) is 0 Å². The predicted octanol–water partition coefficient (Wildman–Crippen LogP) is 0.759. The molecule has 0 aliphatic rings. The number of aryl methyl sites for hydroxylation is 1. The van der Waals surface area contributed by atoms with Crippen LogP contribution < -0.4 is 10.0 Å². The largest absolute Gasteiger partial charge is 0.316 e. The van der Waals surface area contributed by atoms with Gasteiger partial charge in [-0.1, -0.05) is 24.3 Å². The van der Waals surface area contributed by atoms with Crippen LogP contribution in [0.25, 0.3) is 0 Å². The molecule has 0 unspecified atom stereocenters. The van der Waals surface area contributed by atoms with Crippen LogP contribution in [0.1, 0.15) is 16.8 Å². The zero-order valence-corrected chi connectivity index (χ0v) is 13.0. The van der Waals surface area contributed by atoms with E-state index in [1.807, 2.05) is 31.3 Å². The monoisotopic (exact) mass is 308 g/mol. The zero-order valence-electron chi connectivity index (χ0n) is 12.2. The first-order chi connectivity index (χ1) is 10.00. The van der Waals surface area contributed by atoms with Crippen LogP contribution in [0.4, 0.5) is 0 Å². The van der Waals surface area contributed by atoms with Gasteiger partial charge in [0.2, 0.25) is 10.0 Å². The van der Waals surface area contributed by atoms with Crippen LogP contribution in [0.2, 0.25) is 0 Å². The molecular formula is C14H20N4O2S. The first-order valence-electron chi connectivity index (χ1n) is 6.67. The molecule has 0 bridgehead atoms. The quantitative estimate of drug-likeness (QED) is 0.792. The highest BCUT2D eigenvalue weighted by molar-refractivity contribution is 7.88. The van der Waals surface area contributed by atoms with E-state index < -0.39 is 10.0 Å². The van der Waals surface area contributed by atoms with E-state index in [2.05, 4.69) is 15.1 Å². The molecule has 0 amide bonds. The smallest absolute Gasteiger partial charge is 0.216 e. The van der Waals surface area contributed by atoms with Gasteiger partial charge < -0.3 is 5.32 Å². The van der Waals surface area contributed by atoms with Gasteiger partial charge in [-0.25, -0.2) is 13.1 Å². The van der Waals surface area contributed by atoms with Crippen molar-refractivity contribution in [2.24, 2.45) is 7.05 Å². The summed E-state index contributed by atoms with van der Waals surface area (Å²) in [6.45, 7) is 1.02. The fraction of sp³-hybridized carbons (Fsp3) is 0.357. The lowest BCUT2D eigenvalue weighted by molar-refractivity contribution is 0.576. The summed E-state index contributed by atoms with van der Waals surface area (Å²) in [5.41, 5.74) is 2.72. The summed E-state index contributed by atoms with van der Waals surface area (Å²) < 4.78 is 28.4. The topological polar surface area (TPSA) is 76.0 Å². The van der Waals surface area contributed by atoms with Gasteiger partial charge in [-0.05, 0) is 24.2 Å². The molecule has 0 aliphatic heterocycles. The lowest BCUT2D eigenvalue weighted by atomic mass is 10.1. The van der Waals surface area contributed by atoms with E-state index in [-0.39, 0.29) is 12.3 Å². The summed E-state index contributed by atoms with van der Waals surface area (Å²) in [6.07, 6.45) is 1.64. The Morgan fingerprint density at radius 1 is 1.10 bits per heavy atom. The summed E-state index contributed by atoms with van der Waals surface area (Å²) in [6, 6.07) is 9.34. The van der Waals surface area contributed by atoms with Gasteiger partial charge in [0.15, 0.2) is 0 Å². The number of sulfonamides is 1. The summed E-state index contributed by atoms with van der Waals surface area (Å²) in [7, 11) is 0.298. The van der Waals surface area contributed by atoms with Gasteiger partial charge in [-0.15, -0.1) is 0 Å². The van der Waals surface area contributed by atoms with Gasteiger partial charge in [0.25, 0.3) is 0 Å². The number of nitrogens with zero attached hydrogens (tertiary/aromatic N) is 2. The third-order valence-electron chi connectivity index (χ3n) is 3.16. The van der Waals surface area contributed by atoms with Crippen molar-refractivity contribution in [3.63, 3.8) is 0 Å². The van der Waals surface area contributed by atoms with Crippen LogP contribution in [-0.4, -0.2) is 25.2 Å². The highest BCUT2D eigenvalue weighted by atomic mass is 32.2. The summed E-state index contributed by atoms with van der Waals surface area (Å²) in [5, 5.41) is 7.06. The van der Waals surface area contributed by atoms with Crippen LogP contribution in [-0.2, 0) is 35.9 Å². The molecule has 0 spiro atoms. The molecule has 0 atom stereocenters. The SMILES string of the molecule is CNCc1ccc(CS(=O)(=O)NCc2ccnn2C)cc1. The summed E-state index contributed by atoms with van der Waals surface area (Å²) >= 11 is 0. The zero-order chi connectivity index (χ0) is 15.3. The van der Waals surface area contributed by atoms with Crippen molar-refractivity contribution in [2.75, 3.05) is 7.05 Å². The van der Waals surface area contributed by atoms with Gasteiger partial charge in [-0.3, -0.25) is 4.68 Å². The highest BCUT2D eigenvalue weighted by Crippen LogP contribution is 2.08. The maximum absolute atomic E-state index is 12.1. The van der Waals surface area contributed by atoms with E-state index in [1.165, 1.54) is 0 Å².